The Labute approximate surface area is 127 Å². The molecule has 1 aliphatic carbocycles. The highest BCUT2D eigenvalue weighted by Crippen LogP contribution is 2.39. The number of fused-ring (bicyclic) bond motifs is 2. The lowest BCUT2D eigenvalue weighted by atomic mass is 10.1. The van der Waals surface area contributed by atoms with Crippen molar-refractivity contribution in [1.29, 1.82) is 0 Å². The van der Waals surface area contributed by atoms with Gasteiger partial charge in [-0.2, -0.15) is 0 Å². The summed E-state index contributed by atoms with van der Waals surface area (Å²) < 4.78 is 0. The summed E-state index contributed by atoms with van der Waals surface area (Å²) in [6, 6.07) is 11.6. The van der Waals surface area contributed by atoms with Gasteiger partial charge in [0.05, 0.1) is 0 Å². The van der Waals surface area contributed by atoms with E-state index in [2.05, 4.69) is 9.97 Å². The Morgan fingerprint density at radius 1 is 0.952 bits per heavy atom. The number of aromatic nitrogens is 2. The monoisotopic (exact) mass is 294 g/mol. The number of nitrogens with zero attached hydrogens (tertiary/aromatic N) is 2. The predicted molar refractivity (Wildman–Crippen MR) is 83.8 cm³/mol. The highest BCUT2D eigenvalue weighted by Gasteiger charge is 2.18. The van der Waals surface area contributed by atoms with Crippen molar-refractivity contribution in [1.82, 2.24) is 9.97 Å². The second-order valence-corrected chi connectivity index (χ2v) is 6.22. The normalized spacial score (nSPS) is 13.5. The Bertz CT molecular complexity index is 832. The number of hydrogen-bond acceptors (Lipinski definition) is 4. The first kappa shape index (κ1) is 12.7. The van der Waals surface area contributed by atoms with Gasteiger partial charge in [-0.15, -0.1) is 0 Å². The van der Waals surface area contributed by atoms with Crippen molar-refractivity contribution < 1.29 is 5.11 Å². The molecular weight excluding hydrogens is 280 g/mol. The van der Waals surface area contributed by atoms with Crippen LogP contribution in [0.1, 0.15) is 17.7 Å². The Hall–Kier alpha value is -2.07. The van der Waals surface area contributed by atoms with Crippen molar-refractivity contribution in [3.8, 4) is 5.75 Å². The van der Waals surface area contributed by atoms with E-state index in [1.807, 2.05) is 30.3 Å². The second-order valence-electron chi connectivity index (χ2n) is 5.19. The Kier molecular flexibility index (Phi) is 3.04. The first-order chi connectivity index (χ1) is 10.3. The number of benzene rings is 2. The summed E-state index contributed by atoms with van der Waals surface area (Å²) in [5.74, 6) is 0.322. The van der Waals surface area contributed by atoms with E-state index in [-0.39, 0.29) is 0 Å². The Balaban J connectivity index is 1.82. The average Bonchev–Trinajstić information content (AvgIpc) is 3.00. The molecule has 0 unspecified atom stereocenters. The van der Waals surface area contributed by atoms with Gasteiger partial charge in [-0.3, -0.25) is 0 Å². The van der Waals surface area contributed by atoms with E-state index in [1.54, 1.807) is 24.2 Å². The van der Waals surface area contributed by atoms with Crippen LogP contribution in [0.3, 0.4) is 0 Å². The molecule has 1 heterocycles. The van der Waals surface area contributed by atoms with Crippen molar-refractivity contribution in [2.45, 2.75) is 29.2 Å². The van der Waals surface area contributed by atoms with Gasteiger partial charge in [-0.05, 0) is 36.8 Å². The van der Waals surface area contributed by atoms with Gasteiger partial charge in [0.25, 0.3) is 0 Å². The van der Waals surface area contributed by atoms with Gasteiger partial charge in [-0.1, -0.05) is 36.0 Å². The molecule has 0 saturated carbocycles. The minimum atomic E-state index is 0.322. The first-order valence-corrected chi connectivity index (χ1v) is 7.86. The fourth-order valence-corrected chi connectivity index (χ4v) is 3.94. The van der Waals surface area contributed by atoms with Gasteiger partial charge in [-0.25, -0.2) is 9.97 Å². The molecule has 1 aromatic heterocycles. The van der Waals surface area contributed by atoms with E-state index >= 15 is 0 Å². The maximum Gasteiger partial charge on any atom is 0.123 e. The van der Waals surface area contributed by atoms with Gasteiger partial charge >= 0.3 is 0 Å². The predicted octanol–water partition coefficient (Wildman–Crippen LogP) is 3.98. The number of rotatable bonds is 2. The number of aromatic hydroxyl groups is 1. The van der Waals surface area contributed by atoms with Crippen molar-refractivity contribution in [2.24, 2.45) is 0 Å². The molecule has 104 valence electrons. The van der Waals surface area contributed by atoms with Crippen LogP contribution in [-0.4, -0.2) is 15.1 Å². The topological polar surface area (TPSA) is 46.0 Å². The largest absolute Gasteiger partial charge is 0.507 e. The molecule has 0 amide bonds. The summed E-state index contributed by atoms with van der Waals surface area (Å²) in [6.45, 7) is 0. The zero-order valence-corrected chi connectivity index (χ0v) is 12.2. The summed E-state index contributed by atoms with van der Waals surface area (Å²) in [5.41, 5.74) is 2.48. The van der Waals surface area contributed by atoms with Crippen LogP contribution < -0.4 is 0 Å². The van der Waals surface area contributed by atoms with Crippen molar-refractivity contribution in [3.05, 3.63) is 54.0 Å². The summed E-state index contributed by atoms with van der Waals surface area (Å²) in [4.78, 5) is 9.96. The Morgan fingerprint density at radius 2 is 1.81 bits per heavy atom. The molecule has 4 heteroatoms. The lowest BCUT2D eigenvalue weighted by Gasteiger charge is -2.09. The molecule has 21 heavy (non-hydrogen) atoms. The molecule has 4 rings (SSSR count). The lowest BCUT2D eigenvalue weighted by molar-refractivity contribution is 0.481. The summed E-state index contributed by atoms with van der Waals surface area (Å²) in [5, 5.41) is 13.0. The third-order valence-electron chi connectivity index (χ3n) is 3.90. The van der Waals surface area contributed by atoms with E-state index in [1.165, 1.54) is 11.3 Å². The average molecular weight is 294 g/mol. The standard InChI is InChI=1S/C17H14N2OS/c20-15-8-9-16(12-5-2-1-4-11(12)15)21-17-13-6-3-7-14(13)18-10-19-17/h1-2,4-5,8-10,20H,3,6-7H2. The molecule has 0 aliphatic heterocycles. The molecule has 0 spiro atoms. The van der Waals surface area contributed by atoms with Gasteiger partial charge in [0, 0.05) is 21.5 Å². The minimum Gasteiger partial charge on any atom is -0.507 e. The van der Waals surface area contributed by atoms with Crippen LogP contribution in [0, 0.1) is 0 Å². The van der Waals surface area contributed by atoms with Crippen molar-refractivity contribution >= 4 is 22.5 Å². The van der Waals surface area contributed by atoms with Crippen molar-refractivity contribution in [3.63, 3.8) is 0 Å². The van der Waals surface area contributed by atoms with Crippen LogP contribution in [0.15, 0.2) is 52.6 Å². The summed E-state index contributed by atoms with van der Waals surface area (Å²) in [7, 11) is 0. The molecule has 0 radical (unpaired) electrons. The van der Waals surface area contributed by atoms with Gasteiger partial charge in [0.2, 0.25) is 0 Å². The third-order valence-corrected chi connectivity index (χ3v) is 5.02. The maximum absolute atomic E-state index is 9.98. The maximum atomic E-state index is 9.98. The zero-order valence-electron chi connectivity index (χ0n) is 11.4. The van der Waals surface area contributed by atoms with Crippen LogP contribution in [0.2, 0.25) is 0 Å². The molecule has 1 N–H and O–H groups in total. The molecule has 0 bridgehead atoms. The number of phenols is 1. The van der Waals surface area contributed by atoms with Crippen molar-refractivity contribution in [2.75, 3.05) is 0 Å². The van der Waals surface area contributed by atoms with Crippen LogP contribution in [0.4, 0.5) is 0 Å². The fourth-order valence-electron chi connectivity index (χ4n) is 2.87. The molecule has 3 nitrogen and oxygen atoms in total. The fraction of sp³-hybridized carbons (Fsp3) is 0.176. The van der Waals surface area contributed by atoms with Gasteiger partial charge in [0.15, 0.2) is 0 Å². The quantitative estimate of drug-likeness (QED) is 0.726. The van der Waals surface area contributed by atoms with Gasteiger partial charge in [0.1, 0.15) is 17.1 Å². The van der Waals surface area contributed by atoms with E-state index < -0.39 is 0 Å². The molecule has 2 aromatic carbocycles. The summed E-state index contributed by atoms with van der Waals surface area (Å²) >= 11 is 1.67. The third kappa shape index (κ3) is 2.16. The van der Waals surface area contributed by atoms with Crippen LogP contribution in [0.25, 0.3) is 10.8 Å². The van der Waals surface area contributed by atoms with E-state index in [4.69, 9.17) is 0 Å². The minimum absolute atomic E-state index is 0.322. The number of phenolic OH excluding ortho intramolecular Hbond substituents is 1. The number of hydrogen-bond donors (Lipinski definition) is 1. The number of aryl methyl sites for hydroxylation is 1. The highest BCUT2D eigenvalue weighted by molar-refractivity contribution is 7.99. The SMILES string of the molecule is Oc1ccc(Sc2ncnc3c2CCC3)c2ccccc12. The summed E-state index contributed by atoms with van der Waals surface area (Å²) in [6.07, 6.45) is 4.95. The zero-order chi connectivity index (χ0) is 14.2. The Morgan fingerprint density at radius 3 is 2.71 bits per heavy atom. The van der Waals surface area contributed by atoms with Crippen LogP contribution >= 0.6 is 11.8 Å². The second kappa shape index (κ2) is 5.04. The smallest absolute Gasteiger partial charge is 0.123 e. The highest BCUT2D eigenvalue weighted by atomic mass is 32.2. The van der Waals surface area contributed by atoms with E-state index in [9.17, 15) is 5.11 Å². The molecule has 0 atom stereocenters. The molecule has 1 aliphatic rings. The van der Waals surface area contributed by atoms with E-state index in [0.717, 1.165) is 40.0 Å². The molecule has 0 saturated heterocycles. The molecular formula is C17H14N2OS. The first-order valence-electron chi connectivity index (χ1n) is 7.04. The van der Waals surface area contributed by atoms with Crippen LogP contribution in [-0.2, 0) is 12.8 Å². The van der Waals surface area contributed by atoms with Crippen LogP contribution in [0.5, 0.6) is 5.75 Å². The molecule has 0 fully saturated rings. The molecule has 3 aromatic rings. The van der Waals surface area contributed by atoms with Gasteiger partial charge < -0.3 is 5.11 Å². The lowest BCUT2D eigenvalue weighted by Crippen LogP contribution is -1.94. The van der Waals surface area contributed by atoms with E-state index in [0.29, 0.717) is 5.75 Å².